The molecule has 3 nitrogen and oxygen atoms in total. The van der Waals surface area contributed by atoms with Gasteiger partial charge in [-0.1, -0.05) is 11.6 Å². The van der Waals surface area contributed by atoms with E-state index in [1.165, 1.54) is 12.1 Å². The van der Waals surface area contributed by atoms with Gasteiger partial charge in [0.25, 0.3) is 0 Å². The van der Waals surface area contributed by atoms with Crippen molar-refractivity contribution >= 4 is 35.6 Å². The van der Waals surface area contributed by atoms with Crippen LogP contribution in [-0.2, 0) is 4.79 Å². The average Bonchev–Trinajstić information content (AvgIpc) is 2.34. The number of hydrogen-bond donors (Lipinski definition) is 2. The van der Waals surface area contributed by atoms with Gasteiger partial charge >= 0.3 is 0 Å². The van der Waals surface area contributed by atoms with Gasteiger partial charge in [-0.05, 0) is 44.5 Å². The minimum absolute atomic E-state index is 0. The number of halogens is 3. The van der Waals surface area contributed by atoms with Gasteiger partial charge in [0.2, 0.25) is 5.91 Å². The Bertz CT molecular complexity index is 456. The molecule has 2 rings (SSSR count). The average molecular weight is 307 g/mol. The number of anilines is 1. The second kappa shape index (κ2) is 7.08. The fraction of sp³-hybridized carbons (Fsp3) is 0.462. The van der Waals surface area contributed by atoms with Gasteiger partial charge in [-0.3, -0.25) is 4.79 Å². The highest BCUT2D eigenvalue weighted by atomic mass is 35.5. The SMILES string of the molecule is C[C@H]1C[C@@H](C(=O)Nc2ccc(Cl)c(F)c2)CCN1.Cl. The molecule has 0 unspecified atom stereocenters. The molecule has 1 aliphatic rings. The van der Waals surface area contributed by atoms with Crippen LogP contribution >= 0.6 is 24.0 Å². The van der Waals surface area contributed by atoms with E-state index in [1.807, 2.05) is 0 Å². The topological polar surface area (TPSA) is 41.1 Å². The van der Waals surface area contributed by atoms with Gasteiger partial charge in [0.05, 0.1) is 5.02 Å². The van der Waals surface area contributed by atoms with Gasteiger partial charge in [-0.25, -0.2) is 4.39 Å². The van der Waals surface area contributed by atoms with Gasteiger partial charge in [0, 0.05) is 17.6 Å². The molecule has 0 aliphatic carbocycles. The van der Waals surface area contributed by atoms with E-state index in [-0.39, 0.29) is 29.3 Å². The van der Waals surface area contributed by atoms with Gasteiger partial charge in [0.1, 0.15) is 5.82 Å². The summed E-state index contributed by atoms with van der Waals surface area (Å²) in [6, 6.07) is 4.63. The maximum Gasteiger partial charge on any atom is 0.227 e. The van der Waals surface area contributed by atoms with Gasteiger partial charge in [-0.15, -0.1) is 12.4 Å². The molecule has 0 radical (unpaired) electrons. The summed E-state index contributed by atoms with van der Waals surface area (Å²) in [4.78, 5) is 12.0. The molecule has 6 heteroatoms. The molecule has 2 atom stereocenters. The molecule has 19 heavy (non-hydrogen) atoms. The Morgan fingerprint density at radius 1 is 1.53 bits per heavy atom. The van der Waals surface area contributed by atoms with Crippen LogP contribution in [0.15, 0.2) is 18.2 Å². The van der Waals surface area contributed by atoms with Crippen LogP contribution in [0.1, 0.15) is 19.8 Å². The van der Waals surface area contributed by atoms with E-state index in [0.29, 0.717) is 11.7 Å². The molecule has 0 saturated carbocycles. The summed E-state index contributed by atoms with van der Waals surface area (Å²) in [5, 5.41) is 6.08. The Hall–Kier alpha value is -0.840. The van der Waals surface area contributed by atoms with Crippen LogP contribution in [0.4, 0.5) is 10.1 Å². The molecular formula is C13H17Cl2FN2O. The molecule has 0 spiro atoms. The molecule has 1 saturated heterocycles. The number of carbonyl (C=O) groups excluding carboxylic acids is 1. The number of rotatable bonds is 2. The summed E-state index contributed by atoms with van der Waals surface area (Å²) in [5.41, 5.74) is 0.452. The number of piperidine rings is 1. The van der Waals surface area contributed by atoms with Crippen LogP contribution in [0.25, 0.3) is 0 Å². The lowest BCUT2D eigenvalue weighted by atomic mass is 9.92. The van der Waals surface area contributed by atoms with Crippen LogP contribution in [-0.4, -0.2) is 18.5 Å². The van der Waals surface area contributed by atoms with Crippen LogP contribution < -0.4 is 10.6 Å². The van der Waals surface area contributed by atoms with E-state index in [4.69, 9.17) is 11.6 Å². The minimum Gasteiger partial charge on any atom is -0.326 e. The van der Waals surface area contributed by atoms with E-state index >= 15 is 0 Å². The highest BCUT2D eigenvalue weighted by Gasteiger charge is 2.24. The lowest BCUT2D eigenvalue weighted by molar-refractivity contribution is -0.120. The third-order valence-electron chi connectivity index (χ3n) is 3.18. The summed E-state index contributed by atoms with van der Waals surface area (Å²) in [6.45, 7) is 2.90. The largest absolute Gasteiger partial charge is 0.326 e. The monoisotopic (exact) mass is 306 g/mol. The Balaban J connectivity index is 0.00000180. The van der Waals surface area contributed by atoms with E-state index < -0.39 is 5.82 Å². The molecular weight excluding hydrogens is 290 g/mol. The lowest BCUT2D eigenvalue weighted by Gasteiger charge is -2.27. The first kappa shape index (κ1) is 16.2. The Labute approximate surface area is 123 Å². The maximum absolute atomic E-state index is 13.2. The molecule has 1 aromatic carbocycles. The van der Waals surface area contributed by atoms with Crippen LogP contribution in [0, 0.1) is 11.7 Å². The Morgan fingerprint density at radius 3 is 2.89 bits per heavy atom. The van der Waals surface area contributed by atoms with Crippen molar-refractivity contribution in [2.24, 2.45) is 5.92 Å². The molecule has 1 heterocycles. The molecule has 0 aromatic heterocycles. The summed E-state index contributed by atoms with van der Waals surface area (Å²) in [7, 11) is 0. The molecule has 1 aromatic rings. The first-order chi connectivity index (χ1) is 8.56. The van der Waals surface area contributed by atoms with E-state index in [9.17, 15) is 9.18 Å². The normalized spacial score (nSPS) is 22.5. The number of hydrogen-bond acceptors (Lipinski definition) is 2. The van der Waals surface area contributed by atoms with Crippen molar-refractivity contribution in [3.63, 3.8) is 0 Å². The molecule has 1 fully saturated rings. The zero-order valence-electron chi connectivity index (χ0n) is 10.6. The number of benzene rings is 1. The van der Waals surface area contributed by atoms with Crippen molar-refractivity contribution in [3.05, 3.63) is 29.0 Å². The van der Waals surface area contributed by atoms with Crippen molar-refractivity contribution in [2.45, 2.75) is 25.8 Å². The van der Waals surface area contributed by atoms with Crippen LogP contribution in [0.5, 0.6) is 0 Å². The quantitative estimate of drug-likeness (QED) is 0.881. The van der Waals surface area contributed by atoms with Gasteiger partial charge < -0.3 is 10.6 Å². The molecule has 1 aliphatic heterocycles. The number of carbonyl (C=O) groups is 1. The van der Waals surface area contributed by atoms with Crippen molar-refractivity contribution in [1.82, 2.24) is 5.32 Å². The van der Waals surface area contributed by atoms with Crippen molar-refractivity contribution in [1.29, 1.82) is 0 Å². The highest BCUT2D eigenvalue weighted by molar-refractivity contribution is 6.30. The fourth-order valence-corrected chi connectivity index (χ4v) is 2.31. The second-order valence-corrected chi connectivity index (χ2v) is 5.10. The summed E-state index contributed by atoms with van der Waals surface area (Å²) in [6.07, 6.45) is 1.62. The predicted octanol–water partition coefficient (Wildman–Crippen LogP) is 3.23. The summed E-state index contributed by atoms with van der Waals surface area (Å²) >= 11 is 5.59. The summed E-state index contributed by atoms with van der Waals surface area (Å²) < 4.78 is 13.2. The number of nitrogens with one attached hydrogen (secondary N) is 2. The standard InChI is InChI=1S/C13H16ClFN2O.ClH/c1-8-6-9(4-5-16-8)13(18)17-10-2-3-11(14)12(15)7-10;/h2-3,7-9,16H,4-6H2,1H3,(H,17,18);1H/t8-,9-;/m0./s1. The molecule has 0 bridgehead atoms. The smallest absolute Gasteiger partial charge is 0.227 e. The minimum atomic E-state index is -0.520. The molecule has 1 amide bonds. The van der Waals surface area contributed by atoms with Crippen molar-refractivity contribution in [2.75, 3.05) is 11.9 Å². The van der Waals surface area contributed by atoms with E-state index in [2.05, 4.69) is 17.6 Å². The third kappa shape index (κ3) is 4.34. The third-order valence-corrected chi connectivity index (χ3v) is 3.49. The molecule has 106 valence electrons. The maximum atomic E-state index is 13.2. The Morgan fingerprint density at radius 2 is 2.26 bits per heavy atom. The van der Waals surface area contributed by atoms with Crippen LogP contribution in [0.2, 0.25) is 5.02 Å². The van der Waals surface area contributed by atoms with E-state index in [1.54, 1.807) is 6.07 Å². The lowest BCUT2D eigenvalue weighted by Crippen LogP contribution is -2.40. The fourth-order valence-electron chi connectivity index (χ4n) is 2.19. The summed E-state index contributed by atoms with van der Waals surface area (Å²) in [5.74, 6) is -0.585. The second-order valence-electron chi connectivity index (χ2n) is 4.69. The first-order valence-corrected chi connectivity index (χ1v) is 6.43. The zero-order valence-corrected chi connectivity index (χ0v) is 12.2. The Kier molecular flexibility index (Phi) is 6.04. The zero-order chi connectivity index (χ0) is 13.1. The van der Waals surface area contributed by atoms with Gasteiger partial charge in [-0.2, -0.15) is 0 Å². The predicted molar refractivity (Wildman–Crippen MR) is 77.5 cm³/mol. The van der Waals surface area contributed by atoms with E-state index in [0.717, 1.165) is 19.4 Å². The van der Waals surface area contributed by atoms with Crippen LogP contribution in [0.3, 0.4) is 0 Å². The molecule has 2 N–H and O–H groups in total. The van der Waals surface area contributed by atoms with Gasteiger partial charge in [0.15, 0.2) is 0 Å². The van der Waals surface area contributed by atoms with Crippen molar-refractivity contribution < 1.29 is 9.18 Å². The highest BCUT2D eigenvalue weighted by Crippen LogP contribution is 2.21. The first-order valence-electron chi connectivity index (χ1n) is 6.05. The van der Waals surface area contributed by atoms with Crippen molar-refractivity contribution in [3.8, 4) is 0 Å². The number of amides is 1.